The molecule has 1 fully saturated rings. The first kappa shape index (κ1) is 18.9. The molecule has 1 heterocycles. The van der Waals surface area contributed by atoms with Crippen molar-refractivity contribution in [3.63, 3.8) is 0 Å². The van der Waals surface area contributed by atoms with Gasteiger partial charge in [-0.15, -0.1) is 0 Å². The number of para-hydroxylation sites is 1. The first-order valence-electron chi connectivity index (χ1n) is 9.10. The van der Waals surface area contributed by atoms with Crippen molar-refractivity contribution in [3.05, 3.63) is 59.7 Å². The van der Waals surface area contributed by atoms with E-state index in [1.807, 2.05) is 24.3 Å². The third-order valence-corrected chi connectivity index (χ3v) is 4.49. The number of hydrogen-bond acceptors (Lipinski definition) is 4. The molecule has 0 aliphatic carbocycles. The van der Waals surface area contributed by atoms with Crippen LogP contribution in [-0.4, -0.2) is 38.2 Å². The van der Waals surface area contributed by atoms with Gasteiger partial charge in [-0.25, -0.2) is 0 Å². The van der Waals surface area contributed by atoms with E-state index >= 15 is 0 Å². The minimum atomic E-state index is -0.400. The van der Waals surface area contributed by atoms with E-state index in [4.69, 9.17) is 9.47 Å². The van der Waals surface area contributed by atoms with E-state index < -0.39 is 6.10 Å². The zero-order chi connectivity index (χ0) is 19.1. The number of anilines is 1. The number of carbonyl (C=O) groups excluding carboxylic acids is 2. The summed E-state index contributed by atoms with van der Waals surface area (Å²) in [6.07, 6.45) is 1.90. The smallest absolute Gasteiger partial charge is 0.253 e. The Balaban J connectivity index is 1.54. The molecule has 0 spiro atoms. The van der Waals surface area contributed by atoms with Gasteiger partial charge in [-0.05, 0) is 49.1 Å². The summed E-state index contributed by atoms with van der Waals surface area (Å²) < 4.78 is 10.7. The van der Waals surface area contributed by atoms with Crippen molar-refractivity contribution in [2.24, 2.45) is 0 Å². The van der Waals surface area contributed by atoms with E-state index in [1.54, 1.807) is 31.4 Å². The summed E-state index contributed by atoms with van der Waals surface area (Å²) in [4.78, 5) is 24.5. The van der Waals surface area contributed by atoms with E-state index in [0.717, 1.165) is 24.2 Å². The summed E-state index contributed by atoms with van der Waals surface area (Å²) in [6, 6.07) is 14.6. The Morgan fingerprint density at radius 2 is 2.04 bits per heavy atom. The van der Waals surface area contributed by atoms with Gasteiger partial charge >= 0.3 is 0 Å². The number of carbonyl (C=O) groups is 2. The van der Waals surface area contributed by atoms with Crippen LogP contribution < -0.4 is 15.4 Å². The van der Waals surface area contributed by atoms with Crippen LogP contribution in [0, 0.1) is 0 Å². The van der Waals surface area contributed by atoms with Crippen molar-refractivity contribution in [2.45, 2.75) is 25.4 Å². The number of benzene rings is 2. The Morgan fingerprint density at radius 1 is 1.19 bits per heavy atom. The molecule has 0 aromatic heterocycles. The summed E-state index contributed by atoms with van der Waals surface area (Å²) in [6.45, 7) is 1.11. The molecule has 27 heavy (non-hydrogen) atoms. The van der Waals surface area contributed by atoms with Crippen LogP contribution in [0.4, 0.5) is 5.69 Å². The Bertz CT molecular complexity index is 800. The molecule has 0 bridgehead atoms. The fourth-order valence-corrected chi connectivity index (χ4v) is 3.07. The third kappa shape index (κ3) is 5.08. The van der Waals surface area contributed by atoms with Crippen LogP contribution in [-0.2, 0) is 16.0 Å². The summed E-state index contributed by atoms with van der Waals surface area (Å²) in [5, 5.41) is 5.72. The maximum Gasteiger partial charge on any atom is 0.253 e. The van der Waals surface area contributed by atoms with Crippen molar-refractivity contribution in [3.8, 4) is 5.75 Å². The van der Waals surface area contributed by atoms with E-state index in [1.165, 1.54) is 0 Å². The average molecular weight is 368 g/mol. The lowest BCUT2D eigenvalue weighted by Crippen LogP contribution is -2.28. The van der Waals surface area contributed by atoms with Crippen LogP contribution in [0.25, 0.3) is 0 Å². The van der Waals surface area contributed by atoms with Crippen molar-refractivity contribution in [1.82, 2.24) is 5.32 Å². The van der Waals surface area contributed by atoms with E-state index in [0.29, 0.717) is 30.8 Å². The van der Waals surface area contributed by atoms with E-state index in [-0.39, 0.29) is 11.8 Å². The second-order valence-electron chi connectivity index (χ2n) is 6.39. The van der Waals surface area contributed by atoms with Gasteiger partial charge in [0.25, 0.3) is 11.8 Å². The van der Waals surface area contributed by atoms with Gasteiger partial charge in [0.15, 0.2) is 0 Å². The van der Waals surface area contributed by atoms with E-state index in [9.17, 15) is 9.59 Å². The lowest BCUT2D eigenvalue weighted by atomic mass is 10.1. The molecular weight excluding hydrogens is 344 g/mol. The topological polar surface area (TPSA) is 76.7 Å². The number of nitrogens with one attached hydrogen (secondary N) is 2. The van der Waals surface area contributed by atoms with Crippen LogP contribution in [0.5, 0.6) is 5.75 Å². The van der Waals surface area contributed by atoms with Crippen molar-refractivity contribution in [1.29, 1.82) is 0 Å². The quantitative estimate of drug-likeness (QED) is 0.788. The molecule has 3 rings (SSSR count). The van der Waals surface area contributed by atoms with Gasteiger partial charge in [-0.1, -0.05) is 24.3 Å². The van der Waals surface area contributed by atoms with Crippen LogP contribution in [0.1, 0.15) is 28.8 Å². The third-order valence-electron chi connectivity index (χ3n) is 4.49. The molecule has 6 heteroatoms. The molecule has 6 nitrogen and oxygen atoms in total. The van der Waals surface area contributed by atoms with Gasteiger partial charge in [0.2, 0.25) is 0 Å². The van der Waals surface area contributed by atoms with Gasteiger partial charge < -0.3 is 20.1 Å². The Labute approximate surface area is 158 Å². The Hall–Kier alpha value is -2.86. The average Bonchev–Trinajstić information content (AvgIpc) is 3.23. The molecule has 1 atom stereocenters. The van der Waals surface area contributed by atoms with Gasteiger partial charge in [0, 0.05) is 24.4 Å². The highest BCUT2D eigenvalue weighted by Crippen LogP contribution is 2.18. The van der Waals surface area contributed by atoms with Gasteiger partial charge in [0.1, 0.15) is 11.9 Å². The molecule has 1 saturated heterocycles. The number of amides is 2. The summed E-state index contributed by atoms with van der Waals surface area (Å²) in [7, 11) is 1.63. The number of methoxy groups -OCH3 is 1. The maximum atomic E-state index is 12.4. The largest absolute Gasteiger partial charge is 0.496 e. The van der Waals surface area contributed by atoms with Gasteiger partial charge in [0.05, 0.1) is 7.11 Å². The zero-order valence-electron chi connectivity index (χ0n) is 15.4. The molecule has 0 saturated carbocycles. The second-order valence-corrected chi connectivity index (χ2v) is 6.39. The van der Waals surface area contributed by atoms with Crippen LogP contribution >= 0.6 is 0 Å². The molecule has 142 valence electrons. The van der Waals surface area contributed by atoms with Crippen molar-refractivity contribution < 1.29 is 19.1 Å². The highest BCUT2D eigenvalue weighted by Gasteiger charge is 2.23. The van der Waals surface area contributed by atoms with E-state index in [2.05, 4.69) is 10.6 Å². The summed E-state index contributed by atoms with van der Waals surface area (Å²) in [5.41, 5.74) is 2.13. The zero-order valence-corrected chi connectivity index (χ0v) is 15.4. The van der Waals surface area contributed by atoms with Crippen LogP contribution in [0.3, 0.4) is 0 Å². The molecule has 2 N–H and O–H groups in total. The molecule has 0 radical (unpaired) electrons. The van der Waals surface area contributed by atoms with Crippen molar-refractivity contribution >= 4 is 17.5 Å². The minimum absolute atomic E-state index is 0.166. The van der Waals surface area contributed by atoms with Gasteiger partial charge in [-0.3, -0.25) is 9.59 Å². The lowest BCUT2D eigenvalue weighted by Gasteiger charge is -2.12. The normalized spacial score (nSPS) is 16.0. The molecule has 2 aromatic carbocycles. The minimum Gasteiger partial charge on any atom is -0.496 e. The lowest BCUT2D eigenvalue weighted by molar-refractivity contribution is -0.124. The molecule has 2 amide bonds. The highest BCUT2D eigenvalue weighted by molar-refractivity contribution is 5.98. The predicted molar refractivity (Wildman–Crippen MR) is 103 cm³/mol. The first-order valence-corrected chi connectivity index (χ1v) is 9.10. The fourth-order valence-electron chi connectivity index (χ4n) is 3.07. The fraction of sp³-hybridized carbons (Fsp3) is 0.333. The maximum absolute atomic E-state index is 12.4. The van der Waals surface area contributed by atoms with Gasteiger partial charge in [-0.2, -0.15) is 0 Å². The first-order chi connectivity index (χ1) is 13.2. The molecule has 1 aliphatic rings. The predicted octanol–water partition coefficient (Wildman–Crippen LogP) is 2.79. The number of ether oxygens (including phenoxy) is 2. The molecule has 1 aliphatic heterocycles. The van der Waals surface area contributed by atoms with Crippen molar-refractivity contribution in [2.75, 3.05) is 25.6 Å². The monoisotopic (exact) mass is 368 g/mol. The molecular formula is C21H24N2O4. The van der Waals surface area contributed by atoms with Crippen LogP contribution in [0.2, 0.25) is 0 Å². The number of hydrogen-bond donors (Lipinski definition) is 2. The summed E-state index contributed by atoms with van der Waals surface area (Å²) in [5.74, 6) is 0.463. The summed E-state index contributed by atoms with van der Waals surface area (Å²) >= 11 is 0. The Morgan fingerprint density at radius 3 is 2.81 bits per heavy atom. The Kier molecular flexibility index (Phi) is 6.44. The SMILES string of the molecule is COc1ccccc1CCNC(=O)c1cccc(NC(=O)C2CCCO2)c1. The molecule has 2 aromatic rings. The standard InChI is InChI=1S/C21H24N2O4/c1-26-18-9-3-2-6-15(18)11-12-22-20(24)16-7-4-8-17(14-16)23-21(25)19-10-5-13-27-19/h2-4,6-9,14,19H,5,10-13H2,1H3,(H,22,24)(H,23,25). The molecule has 1 unspecified atom stereocenters. The second kappa shape index (κ2) is 9.19. The number of rotatable bonds is 7. The van der Waals surface area contributed by atoms with Crippen LogP contribution in [0.15, 0.2) is 48.5 Å². The highest BCUT2D eigenvalue weighted by atomic mass is 16.5.